The van der Waals surface area contributed by atoms with Crippen molar-refractivity contribution in [2.45, 2.75) is 18.1 Å². The van der Waals surface area contributed by atoms with Crippen molar-refractivity contribution in [3.63, 3.8) is 0 Å². The molecule has 2 N–H and O–H groups in total. The molecule has 2 heterocycles. The number of morpholine rings is 1. The van der Waals surface area contributed by atoms with Gasteiger partial charge in [-0.3, -0.25) is 4.79 Å². The van der Waals surface area contributed by atoms with Gasteiger partial charge in [-0.1, -0.05) is 11.8 Å². The van der Waals surface area contributed by atoms with E-state index in [0.29, 0.717) is 37.3 Å². The summed E-state index contributed by atoms with van der Waals surface area (Å²) in [5.74, 6) is 1.43. The third-order valence-corrected chi connectivity index (χ3v) is 3.75. The molecular weight excluding hydrogens is 290 g/mol. The molecule has 1 aromatic heterocycles. The van der Waals surface area contributed by atoms with Crippen LogP contribution >= 0.6 is 11.8 Å². The Morgan fingerprint density at radius 3 is 2.67 bits per heavy atom. The fraction of sp³-hybridized carbons (Fsp3) is 0.615. The highest BCUT2D eigenvalue weighted by Gasteiger charge is 2.22. The van der Waals surface area contributed by atoms with E-state index in [0.717, 1.165) is 5.82 Å². The number of aromatic nitrogens is 2. The number of ether oxygens (including phenoxy) is 1. The number of anilines is 2. The second kappa shape index (κ2) is 7.46. The first-order valence-electron chi connectivity index (χ1n) is 6.88. The van der Waals surface area contributed by atoms with Gasteiger partial charge in [0.15, 0.2) is 5.16 Å². The molecule has 1 aromatic rings. The summed E-state index contributed by atoms with van der Waals surface area (Å²) in [7, 11) is 1.80. The van der Waals surface area contributed by atoms with Crippen LogP contribution in [-0.2, 0) is 9.53 Å². The lowest BCUT2D eigenvalue weighted by atomic mass is 10.2. The number of carbonyl (C=O) groups excluding carboxylic acids is 1. The zero-order valence-electron chi connectivity index (χ0n) is 12.5. The molecule has 1 fully saturated rings. The Bertz CT molecular complexity index is 471. The summed E-state index contributed by atoms with van der Waals surface area (Å²) in [4.78, 5) is 22.8. The number of amides is 1. The number of rotatable bonds is 5. The summed E-state index contributed by atoms with van der Waals surface area (Å²) in [6, 6.07) is 1.46. The quantitative estimate of drug-likeness (QED) is 0.618. The molecule has 0 aromatic carbocycles. The molecule has 1 amide bonds. The van der Waals surface area contributed by atoms with E-state index in [9.17, 15) is 4.79 Å². The molecule has 1 saturated heterocycles. The Balaban J connectivity index is 2.04. The molecule has 116 valence electrons. The van der Waals surface area contributed by atoms with Crippen LogP contribution in [0.4, 0.5) is 11.6 Å². The van der Waals surface area contributed by atoms with E-state index in [2.05, 4.69) is 20.6 Å². The summed E-state index contributed by atoms with van der Waals surface area (Å²) in [6.07, 6.45) is 1.92. The maximum atomic E-state index is 12.4. The van der Waals surface area contributed by atoms with Crippen molar-refractivity contribution in [3.8, 4) is 0 Å². The molecule has 8 heteroatoms. The van der Waals surface area contributed by atoms with Gasteiger partial charge in [0.05, 0.1) is 13.2 Å². The van der Waals surface area contributed by atoms with E-state index >= 15 is 0 Å². The van der Waals surface area contributed by atoms with Crippen LogP contribution in [0.1, 0.15) is 6.92 Å². The Labute approximate surface area is 128 Å². The number of nitrogens with one attached hydrogen (secondary N) is 2. The lowest BCUT2D eigenvalue weighted by Gasteiger charge is -2.29. The van der Waals surface area contributed by atoms with Crippen LogP contribution in [0.5, 0.6) is 0 Å². The molecule has 21 heavy (non-hydrogen) atoms. The first kappa shape index (κ1) is 15.8. The summed E-state index contributed by atoms with van der Waals surface area (Å²) in [5.41, 5.74) is 0. The monoisotopic (exact) mass is 311 g/mol. The Morgan fingerprint density at radius 1 is 1.38 bits per heavy atom. The summed E-state index contributed by atoms with van der Waals surface area (Å²) >= 11 is 1.46. The molecule has 1 unspecified atom stereocenters. The van der Waals surface area contributed by atoms with Gasteiger partial charge in [-0.25, -0.2) is 9.97 Å². The molecule has 1 aliphatic rings. The Hall–Kier alpha value is -1.54. The van der Waals surface area contributed by atoms with Gasteiger partial charge in [-0.15, -0.1) is 0 Å². The fourth-order valence-corrected chi connectivity index (χ4v) is 2.44. The molecule has 0 aliphatic carbocycles. The van der Waals surface area contributed by atoms with E-state index in [1.807, 2.05) is 18.1 Å². The Morgan fingerprint density at radius 2 is 2.05 bits per heavy atom. The number of nitrogens with zero attached hydrogens (tertiary/aromatic N) is 3. The molecular formula is C13H21N5O2S. The molecule has 1 atom stereocenters. The molecule has 0 radical (unpaired) electrons. The van der Waals surface area contributed by atoms with Crippen molar-refractivity contribution < 1.29 is 9.53 Å². The standard InChI is InChI=1S/C13H21N5O2S/c1-9(12(19)18-4-6-20-7-5-18)15-11-8-10(14-2)16-13(17-11)21-3/h8-9H,4-7H2,1-3H3,(H2,14,15,16,17). The second-order valence-electron chi connectivity index (χ2n) is 4.68. The van der Waals surface area contributed by atoms with Crippen molar-refractivity contribution in [1.82, 2.24) is 14.9 Å². The predicted octanol–water partition coefficient (Wildman–Crippen LogP) is 0.899. The minimum absolute atomic E-state index is 0.0635. The van der Waals surface area contributed by atoms with Crippen molar-refractivity contribution in [2.75, 3.05) is 50.2 Å². The van der Waals surface area contributed by atoms with Crippen LogP contribution < -0.4 is 10.6 Å². The lowest BCUT2D eigenvalue weighted by Crippen LogP contribution is -2.47. The van der Waals surface area contributed by atoms with Crippen LogP contribution in [0.15, 0.2) is 11.2 Å². The highest BCUT2D eigenvalue weighted by molar-refractivity contribution is 7.98. The van der Waals surface area contributed by atoms with Crippen molar-refractivity contribution >= 4 is 29.3 Å². The average molecular weight is 311 g/mol. The highest BCUT2D eigenvalue weighted by Crippen LogP contribution is 2.18. The minimum atomic E-state index is -0.336. The molecule has 1 aliphatic heterocycles. The summed E-state index contributed by atoms with van der Waals surface area (Å²) < 4.78 is 5.26. The van der Waals surface area contributed by atoms with Crippen LogP contribution in [0.3, 0.4) is 0 Å². The van der Waals surface area contributed by atoms with Crippen LogP contribution in [-0.4, -0.2) is 66.4 Å². The van der Waals surface area contributed by atoms with E-state index in [1.165, 1.54) is 11.8 Å². The first-order chi connectivity index (χ1) is 10.1. The van der Waals surface area contributed by atoms with Gasteiger partial charge < -0.3 is 20.3 Å². The van der Waals surface area contributed by atoms with Gasteiger partial charge in [-0.05, 0) is 13.2 Å². The van der Waals surface area contributed by atoms with Gasteiger partial charge >= 0.3 is 0 Å². The maximum Gasteiger partial charge on any atom is 0.244 e. The molecule has 7 nitrogen and oxygen atoms in total. The van der Waals surface area contributed by atoms with E-state index < -0.39 is 0 Å². The van der Waals surface area contributed by atoms with Crippen LogP contribution in [0, 0.1) is 0 Å². The van der Waals surface area contributed by atoms with Crippen molar-refractivity contribution in [1.29, 1.82) is 0 Å². The highest BCUT2D eigenvalue weighted by atomic mass is 32.2. The summed E-state index contributed by atoms with van der Waals surface area (Å²) in [6.45, 7) is 4.34. The van der Waals surface area contributed by atoms with Crippen molar-refractivity contribution in [2.24, 2.45) is 0 Å². The molecule has 2 rings (SSSR count). The minimum Gasteiger partial charge on any atom is -0.378 e. The van der Waals surface area contributed by atoms with Gasteiger partial charge in [0.25, 0.3) is 0 Å². The molecule has 0 bridgehead atoms. The topological polar surface area (TPSA) is 79.4 Å². The third kappa shape index (κ3) is 4.21. The Kier molecular flexibility index (Phi) is 5.63. The number of carbonyl (C=O) groups is 1. The van der Waals surface area contributed by atoms with Gasteiger partial charge in [0.1, 0.15) is 17.7 Å². The number of hydrogen-bond donors (Lipinski definition) is 2. The first-order valence-corrected chi connectivity index (χ1v) is 8.10. The van der Waals surface area contributed by atoms with Gasteiger partial charge in [0.2, 0.25) is 5.91 Å². The van der Waals surface area contributed by atoms with Crippen molar-refractivity contribution in [3.05, 3.63) is 6.07 Å². The normalized spacial score (nSPS) is 16.4. The van der Waals surface area contributed by atoms with E-state index in [1.54, 1.807) is 13.1 Å². The largest absolute Gasteiger partial charge is 0.378 e. The lowest BCUT2D eigenvalue weighted by molar-refractivity contribution is -0.135. The van der Waals surface area contributed by atoms with E-state index in [-0.39, 0.29) is 11.9 Å². The number of thioether (sulfide) groups is 1. The zero-order chi connectivity index (χ0) is 15.2. The average Bonchev–Trinajstić information content (AvgIpc) is 2.54. The zero-order valence-corrected chi connectivity index (χ0v) is 13.4. The predicted molar refractivity (Wildman–Crippen MR) is 83.8 cm³/mol. The fourth-order valence-electron chi connectivity index (χ4n) is 2.06. The van der Waals surface area contributed by atoms with Gasteiger partial charge in [0, 0.05) is 26.2 Å². The summed E-state index contributed by atoms with van der Waals surface area (Å²) in [5, 5.41) is 6.81. The maximum absolute atomic E-state index is 12.4. The van der Waals surface area contributed by atoms with Gasteiger partial charge in [-0.2, -0.15) is 0 Å². The second-order valence-corrected chi connectivity index (χ2v) is 5.45. The van der Waals surface area contributed by atoms with Crippen LogP contribution in [0.2, 0.25) is 0 Å². The number of hydrogen-bond acceptors (Lipinski definition) is 7. The van der Waals surface area contributed by atoms with E-state index in [4.69, 9.17) is 4.74 Å². The smallest absolute Gasteiger partial charge is 0.244 e. The van der Waals surface area contributed by atoms with Crippen LogP contribution in [0.25, 0.3) is 0 Å². The SMILES string of the molecule is CNc1cc(NC(C)C(=O)N2CCOCC2)nc(SC)n1. The molecule has 0 spiro atoms. The third-order valence-electron chi connectivity index (χ3n) is 3.20. The molecule has 0 saturated carbocycles.